The lowest BCUT2D eigenvalue weighted by Gasteiger charge is -2.31. The van der Waals surface area contributed by atoms with Crippen LogP contribution in [0.3, 0.4) is 0 Å². The summed E-state index contributed by atoms with van der Waals surface area (Å²) in [6.07, 6.45) is 73.6. The maximum Gasteiger partial charge on any atom is 0.339 e. The normalized spacial score (nSPS) is 12.3. The molecule has 0 amide bonds. The van der Waals surface area contributed by atoms with Crippen molar-refractivity contribution in [1.29, 1.82) is 0 Å². The average Bonchev–Trinajstić information content (AvgIpc) is 0.871. The number of carbonyl (C=O) groups excluding carboxylic acids is 5. The molecule has 0 fully saturated rings. The monoisotopic (exact) mass is 1350 g/mol. The first-order chi connectivity index (χ1) is 46.5. The molecular formula is C83H158O12. The summed E-state index contributed by atoms with van der Waals surface area (Å²) in [5.74, 6) is -3.90. The zero-order chi connectivity index (χ0) is 69.3. The Hall–Kier alpha value is -2.73. The van der Waals surface area contributed by atoms with Gasteiger partial charge in [-0.1, -0.05) is 400 Å². The van der Waals surface area contributed by atoms with Crippen molar-refractivity contribution in [3.8, 4) is 0 Å². The van der Waals surface area contributed by atoms with Gasteiger partial charge in [-0.05, 0) is 25.7 Å². The van der Waals surface area contributed by atoms with E-state index in [9.17, 15) is 34.2 Å². The fraction of sp³-hybridized carbons (Fsp3) is 0.940. The lowest BCUT2D eigenvalue weighted by Crippen LogP contribution is -2.46. The van der Waals surface area contributed by atoms with Crippen LogP contribution in [0.15, 0.2) is 0 Å². The lowest BCUT2D eigenvalue weighted by atomic mass is 9.92. The maximum absolute atomic E-state index is 13.8. The molecule has 1 atom stereocenters. The minimum Gasteiger partial charge on any atom is -0.466 e. The van der Waals surface area contributed by atoms with E-state index < -0.39 is 80.1 Å². The number of carbonyl (C=O) groups is 5. The van der Waals surface area contributed by atoms with Crippen LogP contribution in [0.25, 0.3) is 0 Å². The maximum atomic E-state index is 13.8. The number of rotatable bonds is 78. The number of esters is 5. The molecule has 95 heavy (non-hydrogen) atoms. The van der Waals surface area contributed by atoms with Gasteiger partial charge in [-0.2, -0.15) is 0 Å². The van der Waals surface area contributed by atoms with Gasteiger partial charge in [0.1, 0.15) is 19.8 Å². The third kappa shape index (κ3) is 64.4. The second-order valence-electron chi connectivity index (χ2n) is 29.4. The number of aliphatic hydroxyl groups is 2. The Morgan fingerprint density at radius 1 is 0.242 bits per heavy atom. The second-order valence-corrected chi connectivity index (χ2v) is 29.4. The van der Waals surface area contributed by atoms with Gasteiger partial charge in [0.05, 0.1) is 38.1 Å². The molecule has 1 unspecified atom stereocenters. The molecule has 12 nitrogen and oxygen atoms in total. The zero-order valence-electron chi connectivity index (χ0n) is 63.4. The SMILES string of the molecule is CCCCCCCCCCCCCCCCCCOC(=O)CC(O)(CC(=O)OCC(CO)(COC(=O)CCCCCCCCCCCCCCCCC)COC(=O)CCCCCCCCCCCCCCCCC)C(=O)OCCCCCCCCCCCCCCCCCC. The summed E-state index contributed by atoms with van der Waals surface area (Å²) in [4.78, 5) is 67.4. The first-order valence-corrected chi connectivity index (χ1v) is 41.6. The molecule has 0 aliphatic rings. The van der Waals surface area contributed by atoms with Crippen molar-refractivity contribution in [2.24, 2.45) is 5.41 Å². The van der Waals surface area contributed by atoms with Crippen LogP contribution in [-0.2, 0) is 47.7 Å². The van der Waals surface area contributed by atoms with Gasteiger partial charge >= 0.3 is 29.8 Å². The standard InChI is InChI=1S/C83H158O12/c1-5-9-13-17-21-25-29-33-37-41-45-49-53-57-61-65-69-91-79(87)71-83(90,81(89)92-70-66-62-58-54-50-46-42-38-34-30-26-22-18-14-10-6-2)72-80(88)95-76-82(73-84,74-93-77(85)67-63-59-55-51-47-43-39-35-31-27-23-19-15-11-7-3)75-94-78(86)68-64-60-56-52-48-44-40-36-32-28-24-20-16-12-8-4/h84,90H,5-76H2,1-4H3. The van der Waals surface area contributed by atoms with Gasteiger partial charge in [0.15, 0.2) is 5.60 Å². The molecule has 0 rings (SSSR count). The molecule has 2 N–H and O–H groups in total. The Morgan fingerprint density at radius 2 is 0.432 bits per heavy atom. The molecule has 0 spiro atoms. The summed E-state index contributed by atoms with van der Waals surface area (Å²) in [5.41, 5.74) is -4.11. The van der Waals surface area contributed by atoms with Crippen LogP contribution < -0.4 is 0 Å². The van der Waals surface area contributed by atoms with E-state index in [1.807, 2.05) is 0 Å². The Labute approximate surface area is 587 Å². The van der Waals surface area contributed by atoms with Gasteiger partial charge in [-0.15, -0.1) is 0 Å². The average molecular weight is 1350 g/mol. The Balaban J connectivity index is 5.57. The third-order valence-corrected chi connectivity index (χ3v) is 19.7. The molecular weight excluding hydrogens is 1190 g/mol. The van der Waals surface area contributed by atoms with Crippen molar-refractivity contribution in [2.45, 2.75) is 457 Å². The molecule has 0 bridgehead atoms. The van der Waals surface area contributed by atoms with Gasteiger partial charge in [0.2, 0.25) is 0 Å². The van der Waals surface area contributed by atoms with Crippen LogP contribution >= 0.6 is 0 Å². The number of unbranched alkanes of at least 4 members (excludes halogenated alkanes) is 58. The van der Waals surface area contributed by atoms with E-state index in [0.717, 1.165) is 77.0 Å². The van der Waals surface area contributed by atoms with Crippen LogP contribution in [-0.4, -0.2) is 85.3 Å². The van der Waals surface area contributed by atoms with Gasteiger partial charge in [-0.3, -0.25) is 19.2 Å². The highest BCUT2D eigenvalue weighted by molar-refractivity contribution is 5.90. The number of hydrogen-bond donors (Lipinski definition) is 2. The van der Waals surface area contributed by atoms with Gasteiger partial charge in [-0.25, -0.2) is 4.79 Å². The van der Waals surface area contributed by atoms with E-state index in [2.05, 4.69) is 27.7 Å². The van der Waals surface area contributed by atoms with Crippen LogP contribution in [0.4, 0.5) is 0 Å². The van der Waals surface area contributed by atoms with E-state index in [1.165, 1.54) is 295 Å². The molecule has 562 valence electrons. The molecule has 0 aromatic heterocycles. The van der Waals surface area contributed by atoms with Crippen LogP contribution in [0.5, 0.6) is 0 Å². The largest absolute Gasteiger partial charge is 0.466 e. The zero-order valence-corrected chi connectivity index (χ0v) is 63.4. The number of ether oxygens (including phenoxy) is 5. The van der Waals surface area contributed by atoms with Gasteiger partial charge in [0, 0.05) is 12.8 Å². The summed E-state index contributed by atoms with van der Waals surface area (Å²) >= 11 is 0. The summed E-state index contributed by atoms with van der Waals surface area (Å²) in [6.45, 7) is 7.20. The summed E-state index contributed by atoms with van der Waals surface area (Å²) in [7, 11) is 0. The predicted octanol–water partition coefficient (Wildman–Crippen LogP) is 24.2. The Morgan fingerprint density at radius 3 is 0.663 bits per heavy atom. The van der Waals surface area contributed by atoms with Crippen molar-refractivity contribution in [3.05, 3.63) is 0 Å². The molecule has 0 aromatic carbocycles. The molecule has 0 aliphatic heterocycles. The van der Waals surface area contributed by atoms with Crippen molar-refractivity contribution in [2.75, 3.05) is 39.6 Å². The Kier molecular flexibility index (Phi) is 70.4. The van der Waals surface area contributed by atoms with Crippen molar-refractivity contribution >= 4 is 29.8 Å². The quantitative estimate of drug-likeness (QED) is 0.0336. The molecule has 0 aromatic rings. The van der Waals surface area contributed by atoms with Gasteiger partial charge in [0.25, 0.3) is 0 Å². The highest BCUT2D eigenvalue weighted by Crippen LogP contribution is 2.26. The number of aliphatic hydroxyl groups excluding tert-OH is 1. The van der Waals surface area contributed by atoms with Crippen LogP contribution in [0.2, 0.25) is 0 Å². The highest BCUT2D eigenvalue weighted by atomic mass is 16.6. The first-order valence-electron chi connectivity index (χ1n) is 41.6. The molecule has 0 heterocycles. The molecule has 0 saturated carbocycles. The molecule has 12 heteroatoms. The Bertz CT molecular complexity index is 1620. The van der Waals surface area contributed by atoms with Crippen molar-refractivity contribution in [1.82, 2.24) is 0 Å². The summed E-state index contributed by atoms with van der Waals surface area (Å²) < 4.78 is 28.3. The molecule has 0 aliphatic carbocycles. The van der Waals surface area contributed by atoms with E-state index in [1.54, 1.807) is 0 Å². The van der Waals surface area contributed by atoms with E-state index in [0.29, 0.717) is 25.7 Å². The highest BCUT2D eigenvalue weighted by Gasteiger charge is 2.44. The summed E-state index contributed by atoms with van der Waals surface area (Å²) in [6, 6.07) is 0. The molecule has 0 radical (unpaired) electrons. The van der Waals surface area contributed by atoms with Crippen LogP contribution in [0, 0.1) is 5.41 Å². The van der Waals surface area contributed by atoms with Crippen molar-refractivity contribution < 1.29 is 57.9 Å². The lowest BCUT2D eigenvalue weighted by molar-refractivity contribution is -0.180. The van der Waals surface area contributed by atoms with E-state index in [-0.39, 0.29) is 26.1 Å². The second kappa shape index (κ2) is 72.5. The minimum absolute atomic E-state index is 0.0199. The first kappa shape index (κ1) is 92.3. The van der Waals surface area contributed by atoms with Crippen molar-refractivity contribution in [3.63, 3.8) is 0 Å². The van der Waals surface area contributed by atoms with E-state index in [4.69, 9.17) is 23.7 Å². The fourth-order valence-corrected chi connectivity index (χ4v) is 13.0. The van der Waals surface area contributed by atoms with E-state index >= 15 is 0 Å². The smallest absolute Gasteiger partial charge is 0.339 e. The fourth-order valence-electron chi connectivity index (χ4n) is 13.0. The minimum atomic E-state index is -2.58. The molecule has 0 saturated heterocycles. The van der Waals surface area contributed by atoms with Gasteiger partial charge < -0.3 is 33.9 Å². The summed E-state index contributed by atoms with van der Waals surface area (Å²) in [5, 5.41) is 22.9. The predicted molar refractivity (Wildman–Crippen MR) is 397 cm³/mol. The third-order valence-electron chi connectivity index (χ3n) is 19.7. The topological polar surface area (TPSA) is 172 Å². The number of hydrogen-bond acceptors (Lipinski definition) is 12. The van der Waals surface area contributed by atoms with Crippen LogP contribution in [0.1, 0.15) is 451 Å².